The van der Waals surface area contributed by atoms with E-state index in [0.717, 1.165) is 0 Å². The fourth-order valence-corrected chi connectivity index (χ4v) is 1.87. The Labute approximate surface area is 128 Å². The highest BCUT2D eigenvalue weighted by atomic mass is 16.5. The molecule has 1 aromatic heterocycles. The maximum atomic E-state index is 12.1. The van der Waals surface area contributed by atoms with Gasteiger partial charge in [-0.15, -0.1) is 0 Å². The molecule has 0 aliphatic carbocycles. The number of aryl methyl sites for hydroxylation is 1. The van der Waals surface area contributed by atoms with Crippen molar-refractivity contribution < 1.29 is 18.8 Å². The monoisotopic (exact) mass is 305 g/mol. The summed E-state index contributed by atoms with van der Waals surface area (Å²) in [6.07, 6.45) is 0. The van der Waals surface area contributed by atoms with Gasteiger partial charge < -0.3 is 19.3 Å². The third-order valence-electron chi connectivity index (χ3n) is 3.05. The highest BCUT2D eigenvalue weighted by Crippen LogP contribution is 2.29. The smallest absolute Gasteiger partial charge is 0.248 e. The van der Waals surface area contributed by atoms with E-state index in [1.54, 1.807) is 52.3 Å². The predicted octanol–water partition coefficient (Wildman–Crippen LogP) is 2.44. The number of hydrogen-bond donors (Lipinski definition) is 2. The minimum atomic E-state index is -0.493. The van der Waals surface area contributed by atoms with E-state index in [4.69, 9.17) is 14.0 Å². The molecule has 2 aromatic rings. The van der Waals surface area contributed by atoms with Crippen LogP contribution in [0, 0.1) is 6.92 Å². The SMILES string of the molecule is COc1ccc(NC(C)C(=O)Nc2cc(C)no2)c(OC)c1. The van der Waals surface area contributed by atoms with Crippen LogP contribution in [0.2, 0.25) is 0 Å². The molecule has 1 heterocycles. The van der Waals surface area contributed by atoms with Gasteiger partial charge in [0.1, 0.15) is 17.5 Å². The van der Waals surface area contributed by atoms with Crippen LogP contribution in [0.5, 0.6) is 11.5 Å². The Morgan fingerprint density at radius 2 is 2.05 bits per heavy atom. The molecular formula is C15H19N3O4. The number of rotatable bonds is 6. The molecule has 0 aliphatic rings. The van der Waals surface area contributed by atoms with Gasteiger partial charge in [0.05, 0.1) is 25.6 Å². The van der Waals surface area contributed by atoms with Gasteiger partial charge in [-0.25, -0.2) is 0 Å². The lowest BCUT2D eigenvalue weighted by molar-refractivity contribution is -0.116. The summed E-state index contributed by atoms with van der Waals surface area (Å²) in [4.78, 5) is 12.1. The second-order valence-electron chi connectivity index (χ2n) is 4.75. The van der Waals surface area contributed by atoms with Crippen LogP contribution >= 0.6 is 0 Å². The first-order valence-electron chi connectivity index (χ1n) is 6.76. The van der Waals surface area contributed by atoms with E-state index in [1.165, 1.54) is 0 Å². The van der Waals surface area contributed by atoms with Crippen LogP contribution in [-0.2, 0) is 4.79 Å². The van der Waals surface area contributed by atoms with Gasteiger partial charge in [-0.1, -0.05) is 5.16 Å². The van der Waals surface area contributed by atoms with Gasteiger partial charge >= 0.3 is 0 Å². The molecule has 0 radical (unpaired) electrons. The third-order valence-corrected chi connectivity index (χ3v) is 3.05. The Bertz CT molecular complexity index is 654. The summed E-state index contributed by atoms with van der Waals surface area (Å²) in [6.45, 7) is 3.52. The van der Waals surface area contributed by atoms with Crippen molar-refractivity contribution in [2.24, 2.45) is 0 Å². The highest BCUT2D eigenvalue weighted by Gasteiger charge is 2.16. The van der Waals surface area contributed by atoms with Gasteiger partial charge in [-0.05, 0) is 26.0 Å². The summed E-state index contributed by atoms with van der Waals surface area (Å²) >= 11 is 0. The van der Waals surface area contributed by atoms with Gasteiger partial charge in [-0.3, -0.25) is 10.1 Å². The van der Waals surface area contributed by atoms with E-state index in [1.807, 2.05) is 0 Å². The van der Waals surface area contributed by atoms with E-state index < -0.39 is 6.04 Å². The number of amides is 1. The summed E-state index contributed by atoms with van der Waals surface area (Å²) in [5, 5.41) is 9.45. The van der Waals surface area contributed by atoms with Crippen molar-refractivity contribution in [1.29, 1.82) is 0 Å². The number of aromatic nitrogens is 1. The first-order chi connectivity index (χ1) is 10.5. The molecule has 7 heteroatoms. The number of nitrogens with one attached hydrogen (secondary N) is 2. The van der Waals surface area contributed by atoms with Crippen LogP contribution in [0.3, 0.4) is 0 Å². The fraction of sp³-hybridized carbons (Fsp3) is 0.333. The highest BCUT2D eigenvalue weighted by molar-refractivity contribution is 5.95. The van der Waals surface area contributed by atoms with E-state index in [2.05, 4.69) is 15.8 Å². The minimum Gasteiger partial charge on any atom is -0.497 e. The van der Waals surface area contributed by atoms with Crippen LogP contribution in [0.15, 0.2) is 28.8 Å². The van der Waals surface area contributed by atoms with Crippen LogP contribution in [-0.4, -0.2) is 31.3 Å². The number of benzene rings is 1. The van der Waals surface area contributed by atoms with Crippen molar-refractivity contribution in [3.8, 4) is 11.5 Å². The van der Waals surface area contributed by atoms with Crippen LogP contribution < -0.4 is 20.1 Å². The molecule has 1 unspecified atom stereocenters. The maximum Gasteiger partial charge on any atom is 0.248 e. The average Bonchev–Trinajstić information content (AvgIpc) is 2.92. The molecule has 0 fully saturated rings. The van der Waals surface area contributed by atoms with Crippen LogP contribution in [0.1, 0.15) is 12.6 Å². The Morgan fingerprint density at radius 3 is 2.64 bits per heavy atom. The molecule has 7 nitrogen and oxygen atoms in total. The predicted molar refractivity (Wildman–Crippen MR) is 82.5 cm³/mol. The average molecular weight is 305 g/mol. The zero-order valence-electron chi connectivity index (χ0n) is 13.0. The van der Waals surface area contributed by atoms with E-state index in [0.29, 0.717) is 28.8 Å². The lowest BCUT2D eigenvalue weighted by Gasteiger charge is -2.17. The molecule has 0 spiro atoms. The van der Waals surface area contributed by atoms with Crippen molar-refractivity contribution in [1.82, 2.24) is 5.16 Å². The number of hydrogen-bond acceptors (Lipinski definition) is 6. The van der Waals surface area contributed by atoms with Crippen LogP contribution in [0.25, 0.3) is 0 Å². The Morgan fingerprint density at radius 1 is 1.27 bits per heavy atom. The Hall–Kier alpha value is -2.70. The molecule has 2 N–H and O–H groups in total. The number of anilines is 2. The molecule has 2 rings (SSSR count). The van der Waals surface area contributed by atoms with Gasteiger partial charge in [0.15, 0.2) is 0 Å². The number of carbonyl (C=O) groups is 1. The van der Waals surface area contributed by atoms with Crippen molar-refractivity contribution >= 4 is 17.5 Å². The standard InChI is InChI=1S/C15H19N3O4/c1-9-7-14(22-18-9)17-15(19)10(2)16-12-6-5-11(20-3)8-13(12)21-4/h5-8,10,16H,1-4H3,(H,17,19). The summed E-state index contributed by atoms with van der Waals surface area (Å²) in [5.41, 5.74) is 1.40. The first-order valence-corrected chi connectivity index (χ1v) is 6.76. The molecule has 0 saturated heterocycles. The minimum absolute atomic E-state index is 0.242. The van der Waals surface area contributed by atoms with Gasteiger partial charge in [-0.2, -0.15) is 0 Å². The molecule has 118 valence electrons. The van der Waals surface area contributed by atoms with Crippen molar-refractivity contribution in [2.45, 2.75) is 19.9 Å². The molecule has 1 aromatic carbocycles. The first kappa shape index (κ1) is 15.7. The van der Waals surface area contributed by atoms with Gasteiger partial charge in [0.2, 0.25) is 11.8 Å². The summed E-state index contributed by atoms with van der Waals surface area (Å²) in [7, 11) is 3.14. The van der Waals surface area contributed by atoms with Crippen molar-refractivity contribution in [3.05, 3.63) is 30.0 Å². The Balaban J connectivity index is 2.04. The largest absolute Gasteiger partial charge is 0.497 e. The molecule has 1 atom stereocenters. The summed E-state index contributed by atoms with van der Waals surface area (Å²) in [5.74, 6) is 1.35. The topological polar surface area (TPSA) is 85.6 Å². The van der Waals surface area contributed by atoms with Crippen molar-refractivity contribution in [3.63, 3.8) is 0 Å². The third kappa shape index (κ3) is 3.69. The number of ether oxygens (including phenoxy) is 2. The normalized spacial score (nSPS) is 11.6. The molecular weight excluding hydrogens is 286 g/mol. The molecule has 22 heavy (non-hydrogen) atoms. The van der Waals surface area contributed by atoms with E-state index >= 15 is 0 Å². The van der Waals surface area contributed by atoms with E-state index in [9.17, 15) is 4.79 Å². The second-order valence-corrected chi connectivity index (χ2v) is 4.75. The van der Waals surface area contributed by atoms with Crippen LogP contribution in [0.4, 0.5) is 11.6 Å². The zero-order valence-corrected chi connectivity index (χ0v) is 13.0. The molecule has 0 saturated carbocycles. The van der Waals surface area contributed by atoms with Gasteiger partial charge in [0, 0.05) is 12.1 Å². The quantitative estimate of drug-likeness (QED) is 0.852. The summed E-state index contributed by atoms with van der Waals surface area (Å²) < 4.78 is 15.4. The molecule has 1 amide bonds. The molecule has 0 bridgehead atoms. The lowest BCUT2D eigenvalue weighted by atomic mass is 10.2. The Kier molecular flexibility index (Phi) is 4.88. The maximum absolute atomic E-state index is 12.1. The number of nitrogens with zero attached hydrogens (tertiary/aromatic N) is 1. The number of methoxy groups -OCH3 is 2. The fourth-order valence-electron chi connectivity index (χ4n) is 1.87. The lowest BCUT2D eigenvalue weighted by Crippen LogP contribution is -2.31. The number of carbonyl (C=O) groups excluding carboxylic acids is 1. The summed E-state index contributed by atoms with van der Waals surface area (Å²) in [6, 6.07) is 6.48. The van der Waals surface area contributed by atoms with Crippen molar-refractivity contribution in [2.75, 3.05) is 24.9 Å². The van der Waals surface area contributed by atoms with Gasteiger partial charge in [0.25, 0.3) is 0 Å². The van der Waals surface area contributed by atoms with E-state index in [-0.39, 0.29) is 5.91 Å². The zero-order chi connectivity index (χ0) is 16.1. The molecule has 0 aliphatic heterocycles. The second kappa shape index (κ2) is 6.84.